The molecule has 0 aliphatic heterocycles. The average molecular weight is 305 g/mol. The van der Waals surface area contributed by atoms with Crippen LogP contribution in [0.1, 0.15) is 110 Å². The van der Waals surface area contributed by atoms with Gasteiger partial charge in [-0.15, -0.1) is 0 Å². The molecule has 0 radical (unpaired) electrons. The van der Waals surface area contributed by atoms with Crippen LogP contribution in [0.5, 0.6) is 0 Å². The van der Waals surface area contributed by atoms with Gasteiger partial charge in [-0.2, -0.15) is 0 Å². The second-order valence-electron chi connectivity index (χ2n) is 8.95. The minimum absolute atomic E-state index is 1.09. The largest absolute Gasteiger partial charge is 0.0654 e. The highest BCUT2D eigenvalue weighted by atomic mass is 14.4. The maximum atomic E-state index is 2.35. The van der Waals surface area contributed by atoms with Crippen LogP contribution in [0.4, 0.5) is 0 Å². The highest BCUT2D eigenvalue weighted by Crippen LogP contribution is 2.49. The molecule has 0 aromatic heterocycles. The molecule has 3 aliphatic rings. The third-order valence-electron chi connectivity index (χ3n) is 7.53. The first-order valence-corrected chi connectivity index (χ1v) is 10.9. The second kappa shape index (κ2) is 8.74. The maximum absolute atomic E-state index is 2.35. The van der Waals surface area contributed by atoms with Crippen LogP contribution in [0.25, 0.3) is 0 Å². The Hall–Kier alpha value is 0. The summed E-state index contributed by atoms with van der Waals surface area (Å²) < 4.78 is 0. The molecule has 3 saturated carbocycles. The molecule has 5 unspecified atom stereocenters. The summed E-state index contributed by atoms with van der Waals surface area (Å²) in [6.07, 6.45) is 24.7. The van der Waals surface area contributed by atoms with Crippen LogP contribution in [-0.2, 0) is 0 Å². The van der Waals surface area contributed by atoms with Gasteiger partial charge in [0.25, 0.3) is 0 Å². The minimum Gasteiger partial charge on any atom is -0.0654 e. The van der Waals surface area contributed by atoms with Crippen LogP contribution in [0.3, 0.4) is 0 Å². The molecule has 0 bridgehead atoms. The van der Waals surface area contributed by atoms with Crippen molar-refractivity contribution in [3.63, 3.8) is 0 Å². The molecular formula is C22H40. The van der Waals surface area contributed by atoms with E-state index in [1.807, 2.05) is 0 Å². The van der Waals surface area contributed by atoms with E-state index in [1.165, 1.54) is 25.7 Å². The lowest BCUT2D eigenvalue weighted by Gasteiger charge is -2.35. The van der Waals surface area contributed by atoms with Crippen molar-refractivity contribution >= 4 is 0 Å². The molecule has 0 aromatic rings. The normalized spacial score (nSPS) is 40.0. The van der Waals surface area contributed by atoms with Crippen LogP contribution in [0.15, 0.2) is 0 Å². The third kappa shape index (κ3) is 4.30. The lowest BCUT2D eigenvalue weighted by atomic mass is 9.70. The molecule has 5 atom stereocenters. The summed E-state index contributed by atoms with van der Waals surface area (Å²) in [6, 6.07) is 0. The molecule has 0 nitrogen and oxygen atoms in total. The molecule has 3 rings (SSSR count). The predicted molar refractivity (Wildman–Crippen MR) is 97.0 cm³/mol. The van der Waals surface area contributed by atoms with E-state index in [4.69, 9.17) is 0 Å². The molecule has 0 heteroatoms. The van der Waals surface area contributed by atoms with E-state index in [2.05, 4.69) is 6.92 Å². The van der Waals surface area contributed by atoms with E-state index in [-0.39, 0.29) is 0 Å². The Labute approximate surface area is 139 Å². The summed E-state index contributed by atoms with van der Waals surface area (Å²) in [5, 5.41) is 0. The van der Waals surface area contributed by atoms with Crippen LogP contribution in [0, 0.1) is 29.6 Å². The van der Waals surface area contributed by atoms with Gasteiger partial charge in [0.1, 0.15) is 0 Å². The number of rotatable bonds is 4. The SMILES string of the molecule is CCCCCC1CCCC2CCCC3CCCCCC3C2C1. The zero-order valence-electron chi connectivity index (χ0n) is 15.2. The van der Waals surface area contributed by atoms with Crippen molar-refractivity contribution < 1.29 is 0 Å². The topological polar surface area (TPSA) is 0 Å². The van der Waals surface area contributed by atoms with Crippen LogP contribution < -0.4 is 0 Å². The summed E-state index contributed by atoms with van der Waals surface area (Å²) in [7, 11) is 0. The molecule has 0 amide bonds. The first kappa shape index (κ1) is 16.8. The van der Waals surface area contributed by atoms with Gasteiger partial charge in [-0.1, -0.05) is 96.8 Å². The van der Waals surface area contributed by atoms with Gasteiger partial charge in [-0.05, 0) is 42.4 Å². The maximum Gasteiger partial charge on any atom is -0.0352 e. The Bertz CT molecular complexity index is 307. The van der Waals surface area contributed by atoms with Crippen molar-refractivity contribution in [3.8, 4) is 0 Å². The standard InChI is InChI=1S/C22H40/c1-2-3-5-10-18-11-8-13-20-15-9-14-19-12-6-4-7-16-21(19)22(20)17-18/h18-22H,2-17H2,1H3. The van der Waals surface area contributed by atoms with E-state index >= 15 is 0 Å². The van der Waals surface area contributed by atoms with E-state index in [0.29, 0.717) is 0 Å². The Morgan fingerprint density at radius 1 is 0.636 bits per heavy atom. The molecule has 3 fully saturated rings. The fraction of sp³-hybridized carbons (Fsp3) is 1.00. The third-order valence-corrected chi connectivity index (χ3v) is 7.53. The monoisotopic (exact) mass is 304 g/mol. The van der Waals surface area contributed by atoms with Crippen LogP contribution >= 0.6 is 0 Å². The average Bonchev–Trinajstić information content (AvgIpc) is 2.91. The summed E-state index contributed by atoms with van der Waals surface area (Å²) in [4.78, 5) is 0. The fourth-order valence-electron chi connectivity index (χ4n) is 6.38. The molecule has 0 spiro atoms. The minimum atomic E-state index is 1.09. The number of hydrogen-bond acceptors (Lipinski definition) is 0. The smallest absolute Gasteiger partial charge is 0.0352 e. The lowest BCUT2D eigenvalue weighted by molar-refractivity contribution is 0.143. The first-order chi connectivity index (χ1) is 10.9. The Morgan fingerprint density at radius 3 is 2.14 bits per heavy atom. The summed E-state index contributed by atoms with van der Waals surface area (Å²) >= 11 is 0. The number of unbranched alkanes of at least 4 members (excludes halogenated alkanes) is 2. The number of fused-ring (bicyclic) bond motifs is 3. The van der Waals surface area contributed by atoms with Gasteiger partial charge in [-0.3, -0.25) is 0 Å². The zero-order valence-corrected chi connectivity index (χ0v) is 15.2. The zero-order chi connectivity index (χ0) is 15.2. The van der Waals surface area contributed by atoms with Crippen molar-refractivity contribution in [2.75, 3.05) is 0 Å². The molecule has 0 N–H and O–H groups in total. The molecule has 0 heterocycles. The first-order valence-electron chi connectivity index (χ1n) is 10.9. The van der Waals surface area contributed by atoms with Gasteiger partial charge in [-0.25, -0.2) is 0 Å². The van der Waals surface area contributed by atoms with Crippen molar-refractivity contribution in [1.29, 1.82) is 0 Å². The summed E-state index contributed by atoms with van der Waals surface area (Å²) in [5.41, 5.74) is 0. The Morgan fingerprint density at radius 2 is 1.32 bits per heavy atom. The molecule has 22 heavy (non-hydrogen) atoms. The van der Waals surface area contributed by atoms with Crippen molar-refractivity contribution in [1.82, 2.24) is 0 Å². The van der Waals surface area contributed by atoms with Gasteiger partial charge in [0.15, 0.2) is 0 Å². The van der Waals surface area contributed by atoms with Crippen molar-refractivity contribution in [2.24, 2.45) is 29.6 Å². The molecule has 128 valence electrons. The van der Waals surface area contributed by atoms with E-state index in [1.54, 1.807) is 77.0 Å². The summed E-state index contributed by atoms with van der Waals surface area (Å²) in [5.74, 6) is 5.57. The van der Waals surface area contributed by atoms with Gasteiger partial charge in [0.2, 0.25) is 0 Å². The fourth-order valence-corrected chi connectivity index (χ4v) is 6.38. The lowest BCUT2D eigenvalue weighted by Crippen LogP contribution is -2.27. The van der Waals surface area contributed by atoms with E-state index in [9.17, 15) is 0 Å². The molecule has 0 saturated heterocycles. The second-order valence-corrected chi connectivity index (χ2v) is 8.95. The Kier molecular flexibility index (Phi) is 6.69. The van der Waals surface area contributed by atoms with Gasteiger partial charge in [0, 0.05) is 0 Å². The van der Waals surface area contributed by atoms with Crippen molar-refractivity contribution in [3.05, 3.63) is 0 Å². The number of hydrogen-bond donors (Lipinski definition) is 0. The molecule has 0 aromatic carbocycles. The van der Waals surface area contributed by atoms with E-state index in [0.717, 1.165) is 29.6 Å². The van der Waals surface area contributed by atoms with Gasteiger partial charge < -0.3 is 0 Å². The quantitative estimate of drug-likeness (QED) is 0.475. The van der Waals surface area contributed by atoms with Crippen molar-refractivity contribution in [2.45, 2.75) is 110 Å². The van der Waals surface area contributed by atoms with E-state index < -0.39 is 0 Å². The molecule has 3 aliphatic carbocycles. The van der Waals surface area contributed by atoms with Gasteiger partial charge in [0.05, 0.1) is 0 Å². The van der Waals surface area contributed by atoms with Crippen LogP contribution in [0.2, 0.25) is 0 Å². The predicted octanol–water partition coefficient (Wildman–Crippen LogP) is 7.37. The highest BCUT2D eigenvalue weighted by molar-refractivity contribution is 4.89. The highest BCUT2D eigenvalue weighted by Gasteiger charge is 2.39. The summed E-state index contributed by atoms with van der Waals surface area (Å²) in [6.45, 7) is 2.35. The van der Waals surface area contributed by atoms with Gasteiger partial charge >= 0.3 is 0 Å². The molecular weight excluding hydrogens is 264 g/mol. The Balaban J connectivity index is 1.67. The van der Waals surface area contributed by atoms with Crippen LogP contribution in [-0.4, -0.2) is 0 Å².